The summed E-state index contributed by atoms with van der Waals surface area (Å²) in [5.74, 6) is 0.0123. The third kappa shape index (κ3) is 10.3. The van der Waals surface area contributed by atoms with E-state index in [1.54, 1.807) is 45.3 Å². The number of pyridine rings is 1. The molecule has 0 aliphatic carbocycles. The van der Waals surface area contributed by atoms with Crippen LogP contribution in [0.1, 0.15) is 76.6 Å². The lowest BCUT2D eigenvalue weighted by molar-refractivity contribution is -0.217. The van der Waals surface area contributed by atoms with Gasteiger partial charge in [-0.3, -0.25) is 37.1 Å². The van der Waals surface area contributed by atoms with Gasteiger partial charge in [0.15, 0.2) is 35.8 Å². The fraction of sp³-hybridized carbons (Fsp3) is 0.604. The molecule has 21 atom stereocenters. The highest BCUT2D eigenvalue weighted by molar-refractivity contribution is 8.07. The predicted octanol–water partition coefficient (Wildman–Crippen LogP) is 0.521. The van der Waals surface area contributed by atoms with Crippen molar-refractivity contribution in [2.75, 3.05) is 37.0 Å². The Bertz CT molecular complexity index is 4110. The summed E-state index contributed by atoms with van der Waals surface area (Å²) in [5, 5.41) is 11.8. The number of hydrogen-bond acceptors (Lipinski definition) is 29. The van der Waals surface area contributed by atoms with Gasteiger partial charge in [-0.1, -0.05) is 6.92 Å². The Labute approximate surface area is 512 Å². The molecular weight excluding hydrogens is 1280 g/mol. The van der Waals surface area contributed by atoms with Crippen molar-refractivity contribution >= 4 is 95.2 Å². The van der Waals surface area contributed by atoms with Crippen molar-refractivity contribution in [3.63, 3.8) is 0 Å². The van der Waals surface area contributed by atoms with Crippen molar-refractivity contribution in [3.05, 3.63) is 86.1 Å². The summed E-state index contributed by atoms with van der Waals surface area (Å²) in [6.45, 7) is -5.58. The monoisotopic (exact) mass is 1340 g/mol. The van der Waals surface area contributed by atoms with E-state index in [4.69, 9.17) is 113 Å². The number of nitrogens with zero attached hydrogens (tertiary/aromatic N) is 10. The Hall–Kier alpha value is -4.60. The average Bonchev–Trinajstić information content (AvgIpc) is 1.64. The number of fused-ring (bicyclic) bond motifs is 8. The molecule has 0 radical (unpaired) electrons. The van der Waals surface area contributed by atoms with E-state index in [-0.39, 0.29) is 34.8 Å². The molecule has 0 amide bonds. The van der Waals surface area contributed by atoms with E-state index in [9.17, 15) is 34.2 Å². The molecule has 0 saturated carbocycles. The lowest BCUT2D eigenvalue weighted by Gasteiger charge is -2.39. The largest absolute Gasteiger partial charge is 0.397 e. The fourth-order valence-electron chi connectivity index (χ4n) is 12.7. The highest BCUT2D eigenvalue weighted by atomic mass is 32.5. The van der Waals surface area contributed by atoms with Crippen LogP contribution in [0.5, 0.6) is 0 Å². The number of imidazole rings is 2. The molecule has 7 aliphatic heterocycles. The first kappa shape index (κ1) is 62.2. The number of nitrogens with two attached hydrogens (primary N) is 3. The summed E-state index contributed by atoms with van der Waals surface area (Å²) >= 11 is 17.2. The number of hydrogen-bond donors (Lipinski definition) is 8. The van der Waals surface area contributed by atoms with Gasteiger partial charge in [0.1, 0.15) is 82.8 Å². The Balaban J connectivity index is 0.771. The topological polar surface area (TPSA) is 443 Å². The summed E-state index contributed by atoms with van der Waals surface area (Å²) in [5.41, 5.74) is 13.2. The molecule has 34 nitrogen and oxygen atoms in total. The Morgan fingerprint density at radius 2 is 1.19 bits per heavy atom. The number of aryl methyl sites for hydroxylation is 2. The molecule has 11 N–H and O–H groups in total. The van der Waals surface area contributed by atoms with Gasteiger partial charge < -0.3 is 88.2 Å². The van der Waals surface area contributed by atoms with E-state index in [0.717, 1.165) is 4.57 Å². The highest BCUT2D eigenvalue weighted by Gasteiger charge is 2.72. The minimum absolute atomic E-state index is 0.0149. The molecular formula is C48H61N14O20P3S3. The van der Waals surface area contributed by atoms with Gasteiger partial charge in [0.2, 0.25) is 0 Å². The highest BCUT2D eigenvalue weighted by Crippen LogP contribution is 2.63. The summed E-state index contributed by atoms with van der Waals surface area (Å²) in [6, 6.07) is 1.60. The third-order valence-electron chi connectivity index (χ3n) is 17.4. The Morgan fingerprint density at radius 1 is 0.670 bits per heavy atom. The zero-order valence-corrected chi connectivity index (χ0v) is 52.5. The molecule has 0 spiro atoms. The van der Waals surface area contributed by atoms with Gasteiger partial charge in [0.05, 0.1) is 68.7 Å². The van der Waals surface area contributed by atoms with Crippen molar-refractivity contribution in [1.82, 2.24) is 53.2 Å². The third-order valence-corrected chi connectivity index (χ3v) is 22.0. The molecule has 6 bridgehead atoms. The lowest BCUT2D eigenvalue weighted by atomic mass is 9.94. The van der Waals surface area contributed by atoms with Crippen LogP contribution < -0.4 is 34.1 Å². The molecule has 6 aromatic rings. The van der Waals surface area contributed by atoms with Gasteiger partial charge in [-0.2, -0.15) is 4.98 Å². The van der Waals surface area contributed by atoms with Gasteiger partial charge >= 0.3 is 31.5 Å². The van der Waals surface area contributed by atoms with Crippen LogP contribution in [0.4, 0.5) is 17.3 Å². The summed E-state index contributed by atoms with van der Waals surface area (Å²) in [4.78, 5) is 103. The van der Waals surface area contributed by atoms with Crippen LogP contribution in [0, 0.1) is 13.8 Å². The lowest BCUT2D eigenvalue weighted by Crippen LogP contribution is -2.52. The zero-order chi connectivity index (χ0) is 62.5. The van der Waals surface area contributed by atoms with Crippen molar-refractivity contribution in [3.8, 4) is 0 Å². The number of aliphatic hydroxyl groups is 1. The summed E-state index contributed by atoms with van der Waals surface area (Å²) in [6.07, 6.45) is -7.70. The van der Waals surface area contributed by atoms with Crippen LogP contribution in [0.3, 0.4) is 0 Å². The van der Waals surface area contributed by atoms with Crippen molar-refractivity contribution in [2.45, 2.75) is 163 Å². The normalized spacial score (nSPS) is 36.9. The Morgan fingerprint density at radius 3 is 1.82 bits per heavy atom. The van der Waals surface area contributed by atoms with Gasteiger partial charge in [-0.15, -0.1) is 0 Å². The first-order chi connectivity index (χ1) is 41.6. The summed E-state index contributed by atoms with van der Waals surface area (Å²) in [7, 11) is 0. The second-order valence-corrected chi connectivity index (χ2v) is 30.9. The fourth-order valence-corrected chi connectivity index (χ4v) is 17.1. The summed E-state index contributed by atoms with van der Waals surface area (Å²) < 4.78 is 88.4. The zero-order valence-electron chi connectivity index (χ0n) is 47.3. The number of ether oxygens (including phenoxy) is 7. The van der Waals surface area contributed by atoms with Crippen LogP contribution >= 0.6 is 20.2 Å². The molecule has 13 rings (SSSR count). The standard InChI is InChI=1S/C48H61N14O20P3S3/c1-7-25-26(10-27(76-25)59-12-20(3)40(64)58-45(59)66)80-83(67,86)71-14-47-22(5)74-31(42(78-47)60-11-19(2)36(50)57-44(60)65)34(47)81-85(69,88)72-15-48-23(6)75-32(43(79-48)62-18-56-29-37(51)53-16-54-39(29)62)35(48)82-84(68,87)70-13-46-21(4)73-30(33(46)63)41(77-46)61-17-55-28-24(49)8-9-52-38(28)61/h8-9,11-12,16-18,21-23,25-27,30-35,41-43,63H,7,10,13-15H2,1-6H3,(H2,49,52)(H,67,86)(H,68,87)(H,69,88)(H2,50,57,65)(H2,51,53,54)(H,58,64,66)/t21-,22-,23-,25+,26+,27+,30?,31?,32?,33+,34+,35+,41+,42+,43+,46-,47-,48-,83?,84?,85?/m0/s1. The van der Waals surface area contributed by atoms with E-state index in [1.807, 2.05) is 0 Å². The minimum atomic E-state index is -4.67. The molecule has 7 fully saturated rings. The maximum absolute atomic E-state index is 13.6. The number of nitrogen functional groups attached to an aromatic ring is 3. The van der Waals surface area contributed by atoms with Gasteiger partial charge in [-0.05, 0) is 82.5 Å². The van der Waals surface area contributed by atoms with Crippen molar-refractivity contribution in [2.24, 2.45) is 0 Å². The number of aromatic amines is 1. The number of rotatable bonds is 20. The molecule has 6 aromatic heterocycles. The first-order valence-electron chi connectivity index (χ1n) is 27.6. The predicted molar refractivity (Wildman–Crippen MR) is 314 cm³/mol. The minimum Gasteiger partial charge on any atom is -0.397 e. The molecule has 88 heavy (non-hydrogen) atoms. The molecule has 40 heteroatoms. The number of anilines is 3. The molecule has 0 aromatic carbocycles. The van der Waals surface area contributed by atoms with Gasteiger partial charge in [0, 0.05) is 36.1 Å². The van der Waals surface area contributed by atoms with E-state index < -0.39 is 166 Å². The molecule has 6 unspecified atom stereocenters. The van der Waals surface area contributed by atoms with Crippen LogP contribution in [-0.4, -0.2) is 177 Å². The van der Waals surface area contributed by atoms with Crippen LogP contribution in [0.2, 0.25) is 0 Å². The smallest absolute Gasteiger partial charge is 0.351 e. The van der Waals surface area contributed by atoms with E-state index >= 15 is 0 Å². The van der Waals surface area contributed by atoms with Crippen LogP contribution in [0.25, 0.3) is 22.3 Å². The van der Waals surface area contributed by atoms with Crippen molar-refractivity contribution < 1.29 is 80.1 Å². The number of nitrogens with one attached hydrogen (secondary N) is 1. The molecule has 13 heterocycles. The van der Waals surface area contributed by atoms with Crippen LogP contribution in [-0.2, 0) is 95.7 Å². The van der Waals surface area contributed by atoms with Gasteiger partial charge in [0.25, 0.3) is 5.56 Å². The van der Waals surface area contributed by atoms with Crippen LogP contribution in [0.15, 0.2) is 58.0 Å². The van der Waals surface area contributed by atoms with Gasteiger partial charge in [-0.25, -0.2) is 34.5 Å². The van der Waals surface area contributed by atoms with E-state index in [2.05, 4.69) is 34.9 Å². The maximum Gasteiger partial charge on any atom is 0.351 e. The first-order valence-corrected chi connectivity index (χ1v) is 35.3. The Kier molecular flexibility index (Phi) is 15.8. The number of aliphatic hydroxyl groups excluding tert-OH is 1. The molecule has 7 aliphatic rings. The van der Waals surface area contributed by atoms with E-state index in [1.165, 1.54) is 53.6 Å². The average molecular weight is 1340 g/mol. The SMILES string of the molecule is CC[C@H]1O[C@@H](n2cc(C)c(=O)[nH]c2=O)C[C@H]1OP(O)(=S)OC[C@]12O[C@@H](n3cc(C)c(N)nc3=O)C(O[C@H]1C)[C@H]2OP(O)(=S)OC[C@]12O[C@@H](n3cnc4c(N)ncnc43)C(O[C@H]1C)[C@H]2OP(O)(=S)OC[C@]12O[C@@H](n3cnc4c(N)ccnc43)C(O[C@H]1C)[C@H]2O. The molecule has 476 valence electrons. The second kappa shape index (κ2) is 22.3. The van der Waals surface area contributed by atoms with Crippen molar-refractivity contribution in [1.29, 1.82) is 0 Å². The number of H-pyrrole nitrogens is 1. The number of aromatic nitrogens is 11. The second-order valence-electron chi connectivity index (χ2n) is 22.5. The maximum atomic E-state index is 13.6. The quantitative estimate of drug-likeness (QED) is 0.0483. The molecule has 7 saturated heterocycles. The van der Waals surface area contributed by atoms with E-state index in [0.29, 0.717) is 28.8 Å².